The lowest BCUT2D eigenvalue weighted by molar-refractivity contribution is -0.140. The molecule has 1 saturated heterocycles. The number of fused-ring (bicyclic) bond motifs is 5. The Bertz CT molecular complexity index is 1080. The summed E-state index contributed by atoms with van der Waals surface area (Å²) in [6, 6.07) is 8.46. The molecular weight excluding hydrogens is 362 g/mol. The molecular formula is C24H25N3O2. The number of hydrazone groups is 1. The molecule has 148 valence electrons. The average Bonchev–Trinajstić information content (AvgIpc) is 3.41. The molecule has 1 saturated carbocycles. The smallest absolute Gasteiger partial charge is 0.254 e. The highest BCUT2D eigenvalue weighted by atomic mass is 16.2. The fourth-order valence-corrected chi connectivity index (χ4v) is 5.37. The number of aryl methyl sites for hydroxylation is 3. The number of amides is 2. The molecule has 2 aromatic rings. The molecule has 2 heterocycles. The van der Waals surface area contributed by atoms with E-state index in [1.165, 1.54) is 11.1 Å². The second-order valence-corrected chi connectivity index (χ2v) is 8.68. The average molecular weight is 387 g/mol. The third kappa shape index (κ3) is 2.56. The molecule has 29 heavy (non-hydrogen) atoms. The van der Waals surface area contributed by atoms with E-state index in [0.29, 0.717) is 0 Å². The van der Waals surface area contributed by atoms with Gasteiger partial charge in [0, 0.05) is 22.6 Å². The number of rotatable bonds is 3. The summed E-state index contributed by atoms with van der Waals surface area (Å²) in [7, 11) is 0. The fourth-order valence-electron chi connectivity index (χ4n) is 5.37. The number of benzene rings is 1. The first-order chi connectivity index (χ1) is 13.9. The zero-order chi connectivity index (χ0) is 20.4. The molecule has 0 N–H and O–H groups in total. The largest absolute Gasteiger partial charge is 0.318 e. The Morgan fingerprint density at radius 2 is 1.62 bits per heavy atom. The highest BCUT2D eigenvalue weighted by molar-refractivity contribution is 6.06. The van der Waals surface area contributed by atoms with E-state index in [1.54, 1.807) is 6.21 Å². The van der Waals surface area contributed by atoms with Crippen LogP contribution in [-0.2, 0) is 9.59 Å². The summed E-state index contributed by atoms with van der Waals surface area (Å²) in [4.78, 5) is 25.6. The van der Waals surface area contributed by atoms with Crippen LogP contribution in [0.15, 0.2) is 41.5 Å². The van der Waals surface area contributed by atoms with Gasteiger partial charge >= 0.3 is 0 Å². The van der Waals surface area contributed by atoms with Crippen molar-refractivity contribution in [2.75, 3.05) is 0 Å². The van der Waals surface area contributed by atoms with Crippen molar-refractivity contribution in [2.45, 2.75) is 34.1 Å². The third-order valence-electron chi connectivity index (χ3n) is 6.84. The minimum absolute atomic E-state index is 0.142. The van der Waals surface area contributed by atoms with Crippen molar-refractivity contribution < 1.29 is 9.59 Å². The maximum Gasteiger partial charge on any atom is 0.254 e. The van der Waals surface area contributed by atoms with Crippen LogP contribution in [-0.4, -0.2) is 27.6 Å². The van der Waals surface area contributed by atoms with Gasteiger partial charge in [0.05, 0.1) is 18.1 Å². The van der Waals surface area contributed by atoms with E-state index < -0.39 is 0 Å². The summed E-state index contributed by atoms with van der Waals surface area (Å²) in [5.41, 5.74) is 6.60. The first-order valence-corrected chi connectivity index (χ1v) is 10.2. The number of allylic oxidation sites excluding steroid dienone is 2. The number of imide groups is 1. The van der Waals surface area contributed by atoms with E-state index in [1.807, 2.05) is 6.92 Å². The minimum Gasteiger partial charge on any atom is -0.318 e. The number of hydrogen-bond donors (Lipinski definition) is 0. The molecule has 2 bridgehead atoms. The summed E-state index contributed by atoms with van der Waals surface area (Å²) in [5.74, 6) is -0.297. The van der Waals surface area contributed by atoms with Crippen LogP contribution < -0.4 is 0 Å². The van der Waals surface area contributed by atoms with Gasteiger partial charge in [-0.05, 0) is 69.2 Å². The lowest BCUT2D eigenvalue weighted by atomic mass is 9.85. The van der Waals surface area contributed by atoms with Crippen LogP contribution in [0.3, 0.4) is 0 Å². The minimum atomic E-state index is -0.211. The molecule has 2 amide bonds. The number of hydrogen-bond acceptors (Lipinski definition) is 3. The molecule has 5 heteroatoms. The van der Waals surface area contributed by atoms with Crippen molar-refractivity contribution in [1.82, 2.24) is 9.58 Å². The van der Waals surface area contributed by atoms with E-state index in [9.17, 15) is 9.59 Å². The maximum absolute atomic E-state index is 12.8. The number of nitrogens with zero attached hydrogens (tertiary/aromatic N) is 3. The molecule has 2 aliphatic carbocycles. The van der Waals surface area contributed by atoms with Gasteiger partial charge in [0.25, 0.3) is 11.8 Å². The lowest BCUT2D eigenvalue weighted by Crippen LogP contribution is -2.28. The van der Waals surface area contributed by atoms with Gasteiger partial charge in [-0.25, -0.2) is 0 Å². The second kappa shape index (κ2) is 6.28. The van der Waals surface area contributed by atoms with Crippen molar-refractivity contribution in [2.24, 2.45) is 28.8 Å². The Labute approximate surface area is 170 Å². The fraction of sp³-hybridized carbons (Fsp3) is 0.375. The van der Waals surface area contributed by atoms with E-state index in [4.69, 9.17) is 0 Å². The summed E-state index contributed by atoms with van der Waals surface area (Å²) >= 11 is 0. The van der Waals surface area contributed by atoms with Crippen molar-refractivity contribution in [3.05, 3.63) is 64.5 Å². The van der Waals surface area contributed by atoms with Crippen LogP contribution in [0.25, 0.3) is 5.69 Å². The molecule has 5 rings (SSSR count). The van der Waals surface area contributed by atoms with Gasteiger partial charge in [-0.3, -0.25) is 9.59 Å². The third-order valence-corrected chi connectivity index (χ3v) is 6.84. The van der Waals surface area contributed by atoms with Gasteiger partial charge < -0.3 is 4.57 Å². The standard InChI is InChI=1S/C24H25N3O2/c1-13-5-6-14(2)20(9-13)26-15(3)10-19(16(26)4)12-25-27-23(28)21-17-7-8-18(11-17)22(21)24(27)29/h5-10,12,17-18,21-22H,11H2,1-4H3. The summed E-state index contributed by atoms with van der Waals surface area (Å²) in [6.07, 6.45) is 6.79. The molecule has 0 radical (unpaired) electrons. The van der Waals surface area contributed by atoms with Crippen LogP contribution >= 0.6 is 0 Å². The summed E-state index contributed by atoms with van der Waals surface area (Å²) in [5, 5.41) is 5.47. The van der Waals surface area contributed by atoms with Gasteiger partial charge in [-0.15, -0.1) is 0 Å². The van der Waals surface area contributed by atoms with Crippen molar-refractivity contribution >= 4 is 18.0 Å². The number of aromatic nitrogens is 1. The van der Waals surface area contributed by atoms with Crippen molar-refractivity contribution in [3.63, 3.8) is 0 Å². The Balaban J connectivity index is 1.46. The number of carbonyl (C=O) groups is 2. The predicted octanol–water partition coefficient (Wildman–Crippen LogP) is 3.85. The lowest BCUT2D eigenvalue weighted by Gasteiger charge is -2.14. The summed E-state index contributed by atoms with van der Waals surface area (Å²) < 4.78 is 2.20. The molecule has 4 atom stereocenters. The van der Waals surface area contributed by atoms with Gasteiger partial charge in [-0.1, -0.05) is 24.3 Å². The van der Waals surface area contributed by atoms with Gasteiger partial charge in [0.2, 0.25) is 0 Å². The Kier molecular flexibility index (Phi) is 3.92. The first kappa shape index (κ1) is 18.1. The molecule has 1 aliphatic heterocycles. The predicted molar refractivity (Wildman–Crippen MR) is 112 cm³/mol. The molecule has 1 aromatic carbocycles. The van der Waals surface area contributed by atoms with Gasteiger partial charge in [0.15, 0.2) is 0 Å². The van der Waals surface area contributed by atoms with Gasteiger partial charge in [0.1, 0.15) is 0 Å². The van der Waals surface area contributed by atoms with Crippen LogP contribution in [0.1, 0.15) is 34.5 Å². The van der Waals surface area contributed by atoms with Gasteiger partial charge in [-0.2, -0.15) is 10.1 Å². The van der Waals surface area contributed by atoms with Crippen LogP contribution in [0.4, 0.5) is 0 Å². The second-order valence-electron chi connectivity index (χ2n) is 8.68. The van der Waals surface area contributed by atoms with Crippen LogP contribution in [0.5, 0.6) is 0 Å². The van der Waals surface area contributed by atoms with Crippen LogP contribution in [0.2, 0.25) is 0 Å². The molecule has 3 aliphatic rings. The highest BCUT2D eigenvalue weighted by Gasteiger charge is 2.59. The molecule has 2 fully saturated rings. The Hall–Kier alpha value is -2.95. The van der Waals surface area contributed by atoms with Crippen molar-refractivity contribution in [1.29, 1.82) is 0 Å². The van der Waals surface area contributed by atoms with E-state index in [2.05, 4.69) is 66.9 Å². The Morgan fingerprint density at radius 1 is 0.966 bits per heavy atom. The maximum atomic E-state index is 12.8. The normalized spacial score (nSPS) is 27.7. The first-order valence-electron chi connectivity index (χ1n) is 10.2. The summed E-state index contributed by atoms with van der Waals surface area (Å²) in [6.45, 7) is 8.29. The monoisotopic (exact) mass is 387 g/mol. The molecule has 0 spiro atoms. The zero-order valence-electron chi connectivity index (χ0n) is 17.2. The highest BCUT2D eigenvalue weighted by Crippen LogP contribution is 2.52. The molecule has 4 unspecified atom stereocenters. The zero-order valence-corrected chi connectivity index (χ0v) is 17.2. The van der Waals surface area contributed by atoms with Crippen LogP contribution in [0, 0.1) is 51.4 Å². The number of carbonyl (C=O) groups excluding carboxylic acids is 2. The van der Waals surface area contributed by atoms with E-state index >= 15 is 0 Å². The quantitative estimate of drug-likeness (QED) is 0.456. The van der Waals surface area contributed by atoms with E-state index in [0.717, 1.165) is 34.1 Å². The topological polar surface area (TPSA) is 54.7 Å². The van der Waals surface area contributed by atoms with Crippen molar-refractivity contribution in [3.8, 4) is 5.69 Å². The molecule has 1 aromatic heterocycles. The molecule has 5 nitrogen and oxygen atoms in total. The Morgan fingerprint density at radius 3 is 2.28 bits per heavy atom. The van der Waals surface area contributed by atoms with E-state index in [-0.39, 0.29) is 35.5 Å². The SMILES string of the molecule is Cc1ccc(C)c(-n2c(C)cc(C=NN3C(=O)C4C5C=CC(C5)C4C3=O)c2C)c1.